The standard InChI is InChI=1S/C5H6FNS/c6-3-5(1-2-5)7-4-8/h1-3H2. The van der Waals surface area contributed by atoms with Crippen LogP contribution in [-0.4, -0.2) is 17.4 Å². The van der Waals surface area contributed by atoms with Gasteiger partial charge in [0.25, 0.3) is 0 Å². The molecule has 0 N–H and O–H groups in total. The molecule has 0 aromatic rings. The van der Waals surface area contributed by atoms with Crippen molar-refractivity contribution in [3.05, 3.63) is 0 Å². The number of halogens is 1. The van der Waals surface area contributed by atoms with E-state index in [1.54, 1.807) is 0 Å². The second kappa shape index (κ2) is 1.92. The van der Waals surface area contributed by atoms with Gasteiger partial charge in [0.1, 0.15) is 6.67 Å². The average Bonchev–Trinajstić information content (AvgIpc) is 2.50. The molecule has 0 atom stereocenters. The van der Waals surface area contributed by atoms with E-state index in [1.807, 2.05) is 0 Å². The van der Waals surface area contributed by atoms with Crippen molar-refractivity contribution in [1.29, 1.82) is 0 Å². The molecule has 0 aliphatic heterocycles. The summed E-state index contributed by atoms with van der Waals surface area (Å²) in [6.07, 6.45) is 1.68. The van der Waals surface area contributed by atoms with E-state index in [1.165, 1.54) is 0 Å². The predicted molar refractivity (Wildman–Crippen MR) is 33.0 cm³/mol. The third-order valence-corrected chi connectivity index (χ3v) is 1.45. The SMILES string of the molecule is FCC1(N=C=S)CC1. The second-order valence-electron chi connectivity index (χ2n) is 2.06. The van der Waals surface area contributed by atoms with Crippen LogP contribution in [0, 0.1) is 0 Å². The van der Waals surface area contributed by atoms with Gasteiger partial charge in [-0.05, 0) is 25.1 Å². The molecule has 1 saturated carbocycles. The molecule has 8 heavy (non-hydrogen) atoms. The molecule has 3 heteroatoms. The number of isothiocyanates is 1. The third kappa shape index (κ3) is 0.932. The largest absolute Gasteiger partial charge is 0.248 e. The van der Waals surface area contributed by atoms with E-state index < -0.39 is 5.54 Å². The monoisotopic (exact) mass is 131 g/mol. The van der Waals surface area contributed by atoms with Gasteiger partial charge in [0.2, 0.25) is 0 Å². The Balaban J connectivity index is 2.53. The molecule has 1 nitrogen and oxygen atoms in total. The highest BCUT2D eigenvalue weighted by Crippen LogP contribution is 2.39. The van der Waals surface area contributed by atoms with Crippen LogP contribution < -0.4 is 0 Å². The first kappa shape index (κ1) is 5.86. The van der Waals surface area contributed by atoms with Crippen molar-refractivity contribution >= 4 is 17.4 Å². The molecule has 44 valence electrons. The molecular formula is C5H6FNS. The van der Waals surface area contributed by atoms with E-state index in [0.717, 1.165) is 12.8 Å². The minimum absolute atomic E-state index is 0.378. The number of hydrogen-bond donors (Lipinski definition) is 0. The zero-order valence-corrected chi connectivity index (χ0v) is 5.17. The molecular weight excluding hydrogens is 125 g/mol. The van der Waals surface area contributed by atoms with Crippen LogP contribution in [0.15, 0.2) is 4.99 Å². The van der Waals surface area contributed by atoms with Crippen LogP contribution in [0.3, 0.4) is 0 Å². The molecule has 0 saturated heterocycles. The van der Waals surface area contributed by atoms with Crippen molar-refractivity contribution in [1.82, 2.24) is 0 Å². The van der Waals surface area contributed by atoms with Crippen LogP contribution in [0.5, 0.6) is 0 Å². The van der Waals surface area contributed by atoms with Gasteiger partial charge in [-0.15, -0.1) is 0 Å². The van der Waals surface area contributed by atoms with Crippen LogP contribution in [-0.2, 0) is 0 Å². The van der Waals surface area contributed by atoms with Crippen LogP contribution in [0.25, 0.3) is 0 Å². The first-order valence-corrected chi connectivity index (χ1v) is 2.89. The van der Waals surface area contributed by atoms with Crippen molar-refractivity contribution in [2.45, 2.75) is 18.4 Å². The lowest BCUT2D eigenvalue weighted by Gasteiger charge is -1.95. The third-order valence-electron chi connectivity index (χ3n) is 1.36. The molecule has 1 aliphatic carbocycles. The summed E-state index contributed by atoms with van der Waals surface area (Å²) >= 11 is 4.32. The number of hydrogen-bond acceptors (Lipinski definition) is 2. The molecule has 1 rings (SSSR count). The van der Waals surface area contributed by atoms with Gasteiger partial charge in [0.15, 0.2) is 0 Å². The normalized spacial score (nSPS) is 21.6. The number of aliphatic imine (C=N–C) groups is 1. The summed E-state index contributed by atoms with van der Waals surface area (Å²) in [5.74, 6) is 0. The smallest absolute Gasteiger partial charge is 0.115 e. The Bertz CT molecular complexity index is 135. The summed E-state index contributed by atoms with van der Waals surface area (Å²) in [5, 5.41) is 2.19. The van der Waals surface area contributed by atoms with E-state index in [4.69, 9.17) is 0 Å². The zero-order chi connectivity index (χ0) is 6.04. The number of rotatable bonds is 2. The fourth-order valence-corrected chi connectivity index (χ4v) is 0.710. The Morgan fingerprint density at radius 1 is 1.75 bits per heavy atom. The van der Waals surface area contributed by atoms with Gasteiger partial charge in [0.05, 0.1) is 10.7 Å². The Morgan fingerprint density at radius 2 is 2.38 bits per heavy atom. The van der Waals surface area contributed by atoms with E-state index >= 15 is 0 Å². The lowest BCUT2D eigenvalue weighted by atomic mass is 10.3. The summed E-state index contributed by atoms with van der Waals surface area (Å²) in [6, 6.07) is 0. The maximum Gasteiger partial charge on any atom is 0.115 e. The summed E-state index contributed by atoms with van der Waals surface area (Å²) in [5.41, 5.74) is -0.415. The summed E-state index contributed by atoms with van der Waals surface area (Å²) in [7, 11) is 0. The Labute approximate surface area is 52.6 Å². The van der Waals surface area contributed by atoms with Crippen molar-refractivity contribution < 1.29 is 4.39 Å². The lowest BCUT2D eigenvalue weighted by Crippen LogP contribution is -2.05. The first-order valence-electron chi connectivity index (χ1n) is 2.48. The van der Waals surface area contributed by atoms with Crippen LogP contribution in [0.4, 0.5) is 4.39 Å². The van der Waals surface area contributed by atoms with Gasteiger partial charge in [0, 0.05) is 0 Å². The van der Waals surface area contributed by atoms with Crippen LogP contribution in [0.1, 0.15) is 12.8 Å². The molecule has 0 spiro atoms. The number of alkyl halides is 1. The predicted octanol–water partition coefficient (Wildman–Crippen LogP) is 1.59. The fraction of sp³-hybridized carbons (Fsp3) is 0.800. The average molecular weight is 131 g/mol. The molecule has 0 bridgehead atoms. The number of nitrogens with zero attached hydrogens (tertiary/aromatic N) is 1. The Kier molecular flexibility index (Phi) is 1.41. The van der Waals surface area contributed by atoms with Gasteiger partial charge in [-0.1, -0.05) is 0 Å². The number of thiocarbonyl (C=S) groups is 1. The zero-order valence-electron chi connectivity index (χ0n) is 4.35. The maximum atomic E-state index is 11.8. The minimum atomic E-state index is -0.415. The van der Waals surface area contributed by atoms with E-state index in [0.29, 0.717) is 0 Å². The highest BCUT2D eigenvalue weighted by Gasteiger charge is 2.42. The van der Waals surface area contributed by atoms with E-state index in [-0.39, 0.29) is 6.67 Å². The minimum Gasteiger partial charge on any atom is -0.248 e. The molecule has 0 aromatic carbocycles. The topological polar surface area (TPSA) is 12.4 Å². The summed E-state index contributed by atoms with van der Waals surface area (Å²) < 4.78 is 11.8. The Morgan fingerprint density at radius 3 is 2.50 bits per heavy atom. The molecule has 0 radical (unpaired) electrons. The molecule has 0 heterocycles. The van der Waals surface area contributed by atoms with Gasteiger partial charge in [-0.3, -0.25) is 0 Å². The lowest BCUT2D eigenvalue weighted by molar-refractivity contribution is 0.420. The molecule has 1 aliphatic rings. The van der Waals surface area contributed by atoms with Gasteiger partial charge in [-0.2, -0.15) is 0 Å². The summed E-state index contributed by atoms with van der Waals surface area (Å²) in [6.45, 7) is -0.378. The van der Waals surface area contributed by atoms with Crippen molar-refractivity contribution in [2.75, 3.05) is 6.67 Å². The van der Waals surface area contributed by atoms with Crippen LogP contribution >= 0.6 is 12.2 Å². The van der Waals surface area contributed by atoms with Gasteiger partial charge < -0.3 is 0 Å². The highest BCUT2D eigenvalue weighted by molar-refractivity contribution is 7.78. The fourth-order valence-electron chi connectivity index (χ4n) is 0.516. The molecule has 0 amide bonds. The van der Waals surface area contributed by atoms with E-state index in [2.05, 4.69) is 22.4 Å². The van der Waals surface area contributed by atoms with Crippen molar-refractivity contribution in [3.8, 4) is 0 Å². The molecule has 0 unspecified atom stereocenters. The quantitative estimate of drug-likeness (QED) is 0.409. The maximum absolute atomic E-state index is 11.8. The van der Waals surface area contributed by atoms with E-state index in [9.17, 15) is 4.39 Å². The van der Waals surface area contributed by atoms with Crippen LogP contribution in [0.2, 0.25) is 0 Å². The van der Waals surface area contributed by atoms with Crippen molar-refractivity contribution in [3.63, 3.8) is 0 Å². The summed E-state index contributed by atoms with van der Waals surface area (Å²) in [4.78, 5) is 3.68. The first-order chi connectivity index (χ1) is 3.83. The van der Waals surface area contributed by atoms with Gasteiger partial charge >= 0.3 is 0 Å². The van der Waals surface area contributed by atoms with Gasteiger partial charge in [-0.25, -0.2) is 9.38 Å². The molecule has 1 fully saturated rings. The Hall–Kier alpha value is -0.270. The molecule has 0 aromatic heterocycles. The highest BCUT2D eigenvalue weighted by atomic mass is 32.1. The second-order valence-corrected chi connectivity index (χ2v) is 2.24. The van der Waals surface area contributed by atoms with Crippen molar-refractivity contribution in [2.24, 2.45) is 4.99 Å².